The van der Waals surface area contributed by atoms with Crippen LogP contribution in [-0.2, 0) is 12.8 Å². The van der Waals surface area contributed by atoms with Crippen LogP contribution < -0.4 is 0 Å². The second kappa shape index (κ2) is 10.0. The lowest BCUT2D eigenvalue weighted by Gasteiger charge is -2.20. The number of phenolic OH excluding ortho intramolecular Hbond substituents is 2. The Morgan fingerprint density at radius 3 is 1.21 bits per heavy atom. The van der Waals surface area contributed by atoms with E-state index in [9.17, 15) is 10.2 Å². The van der Waals surface area contributed by atoms with Crippen LogP contribution in [0, 0.1) is 0 Å². The van der Waals surface area contributed by atoms with Gasteiger partial charge in [0.1, 0.15) is 11.5 Å². The predicted octanol–water partition coefficient (Wildman–Crippen LogP) is 10.1. The van der Waals surface area contributed by atoms with Gasteiger partial charge in [-0.15, -0.1) is 0 Å². The van der Waals surface area contributed by atoms with E-state index in [-0.39, 0.29) is 0 Å². The Labute approximate surface area is 224 Å². The minimum atomic E-state index is 0.331. The van der Waals surface area contributed by atoms with Gasteiger partial charge < -0.3 is 10.2 Å². The molecule has 0 amide bonds. The summed E-state index contributed by atoms with van der Waals surface area (Å²) in [7, 11) is 0. The van der Waals surface area contributed by atoms with Gasteiger partial charge in [0.15, 0.2) is 0 Å². The zero-order valence-corrected chi connectivity index (χ0v) is 22.2. The molecule has 2 N–H and O–H groups in total. The molecule has 0 fully saturated rings. The molecule has 0 saturated heterocycles. The lowest BCUT2D eigenvalue weighted by molar-refractivity contribution is 0.487. The van der Waals surface area contributed by atoms with Gasteiger partial charge in [-0.1, -0.05) is 112 Å². The summed E-state index contributed by atoms with van der Waals surface area (Å²) in [4.78, 5) is 0. The fraction of sp³-hybridized carbons (Fsp3) is 0.222. The number of hydrogen-bond donors (Lipinski definition) is 2. The summed E-state index contributed by atoms with van der Waals surface area (Å²) >= 11 is 0. The van der Waals surface area contributed by atoms with E-state index in [0.29, 0.717) is 11.5 Å². The Morgan fingerprint density at radius 1 is 0.447 bits per heavy atom. The predicted molar refractivity (Wildman–Crippen MR) is 162 cm³/mol. The first-order valence-corrected chi connectivity index (χ1v) is 13.9. The summed E-state index contributed by atoms with van der Waals surface area (Å²) in [6.45, 7) is 4.44. The molecule has 0 spiro atoms. The van der Waals surface area contributed by atoms with Gasteiger partial charge >= 0.3 is 0 Å². The zero-order chi connectivity index (χ0) is 26.2. The Hall–Kier alpha value is -4.04. The number of fused-ring (bicyclic) bond motifs is 4. The standard InChI is InChI=1S/C36H34O2/c1-3-5-11-23-17-19-29-31(21-23)33(25-13-7-9-15-27(25)35(29)37)34-26-14-8-10-16-28(26)36(38)30-20-18-24(12-6-4-2)22-32(30)34/h7-10,13-22,37-38H,3-6,11-12H2,1-2H3. The van der Waals surface area contributed by atoms with E-state index in [1.165, 1.54) is 11.1 Å². The molecular weight excluding hydrogens is 464 g/mol. The van der Waals surface area contributed by atoms with E-state index in [2.05, 4.69) is 74.5 Å². The van der Waals surface area contributed by atoms with Crippen molar-refractivity contribution in [3.63, 3.8) is 0 Å². The van der Waals surface area contributed by atoms with Crippen molar-refractivity contribution in [2.24, 2.45) is 0 Å². The van der Waals surface area contributed by atoms with Crippen molar-refractivity contribution in [3.8, 4) is 22.6 Å². The van der Waals surface area contributed by atoms with E-state index in [1.54, 1.807) is 0 Å². The maximum Gasteiger partial charge on any atom is 0.131 e. The highest BCUT2D eigenvalue weighted by Gasteiger charge is 2.21. The lowest BCUT2D eigenvalue weighted by atomic mass is 9.84. The van der Waals surface area contributed by atoms with Crippen LogP contribution in [0.15, 0.2) is 84.9 Å². The van der Waals surface area contributed by atoms with Crippen LogP contribution in [0.25, 0.3) is 54.2 Å². The number of rotatable bonds is 7. The minimum absolute atomic E-state index is 0.331. The second-order valence-corrected chi connectivity index (χ2v) is 10.5. The smallest absolute Gasteiger partial charge is 0.131 e. The first-order valence-electron chi connectivity index (χ1n) is 13.9. The summed E-state index contributed by atoms with van der Waals surface area (Å²) in [6, 6.07) is 29.4. The van der Waals surface area contributed by atoms with Gasteiger partial charge in [0.05, 0.1) is 0 Å². The van der Waals surface area contributed by atoms with Gasteiger partial charge in [0.25, 0.3) is 0 Å². The maximum atomic E-state index is 11.4. The van der Waals surface area contributed by atoms with Crippen molar-refractivity contribution in [1.82, 2.24) is 0 Å². The molecule has 0 saturated carbocycles. The summed E-state index contributed by atoms with van der Waals surface area (Å²) in [5, 5.41) is 30.5. The average Bonchev–Trinajstić information content (AvgIpc) is 2.96. The van der Waals surface area contributed by atoms with Crippen LogP contribution in [0.1, 0.15) is 50.7 Å². The molecule has 0 radical (unpaired) electrons. The summed E-state index contributed by atoms with van der Waals surface area (Å²) in [6.07, 6.45) is 6.57. The van der Waals surface area contributed by atoms with E-state index < -0.39 is 0 Å². The number of phenols is 2. The summed E-state index contributed by atoms with van der Waals surface area (Å²) in [5.74, 6) is 0.662. The lowest BCUT2D eigenvalue weighted by Crippen LogP contribution is -1.94. The third-order valence-electron chi connectivity index (χ3n) is 8.01. The third kappa shape index (κ3) is 3.96. The SMILES string of the molecule is CCCCc1ccc2c(O)c3ccccc3c(-c3c4ccccc4c(O)c4ccc(CCCC)cc34)c2c1. The van der Waals surface area contributed by atoms with Crippen LogP contribution in [0.4, 0.5) is 0 Å². The molecule has 38 heavy (non-hydrogen) atoms. The van der Waals surface area contributed by atoms with Crippen molar-refractivity contribution in [2.45, 2.75) is 52.4 Å². The minimum Gasteiger partial charge on any atom is -0.507 e. The molecule has 0 aromatic heterocycles. The number of aryl methyl sites for hydroxylation is 2. The molecule has 0 bridgehead atoms. The number of unbranched alkanes of at least 4 members (excludes halogenated alkanes) is 2. The topological polar surface area (TPSA) is 40.5 Å². The van der Waals surface area contributed by atoms with Crippen LogP contribution in [-0.4, -0.2) is 10.2 Å². The van der Waals surface area contributed by atoms with Gasteiger partial charge in [0.2, 0.25) is 0 Å². The highest BCUT2D eigenvalue weighted by molar-refractivity contribution is 6.26. The summed E-state index contributed by atoms with van der Waals surface area (Å²) in [5.41, 5.74) is 4.82. The van der Waals surface area contributed by atoms with Crippen molar-refractivity contribution in [3.05, 3.63) is 96.1 Å². The fourth-order valence-corrected chi connectivity index (χ4v) is 6.02. The largest absolute Gasteiger partial charge is 0.507 e. The molecular formula is C36H34O2. The maximum absolute atomic E-state index is 11.4. The quantitative estimate of drug-likeness (QED) is 0.215. The molecule has 6 aromatic rings. The van der Waals surface area contributed by atoms with Crippen molar-refractivity contribution in [1.29, 1.82) is 0 Å². The van der Waals surface area contributed by atoms with Crippen molar-refractivity contribution < 1.29 is 10.2 Å². The van der Waals surface area contributed by atoms with Gasteiger partial charge in [-0.25, -0.2) is 0 Å². The Bertz CT molecular complexity index is 1680. The Morgan fingerprint density at radius 2 is 0.816 bits per heavy atom. The van der Waals surface area contributed by atoms with E-state index >= 15 is 0 Å². The van der Waals surface area contributed by atoms with Gasteiger partial charge in [-0.3, -0.25) is 0 Å². The van der Waals surface area contributed by atoms with Crippen molar-refractivity contribution in [2.75, 3.05) is 0 Å². The molecule has 0 unspecified atom stereocenters. The molecule has 0 aliphatic carbocycles. The number of benzene rings is 6. The van der Waals surface area contributed by atoms with Crippen molar-refractivity contribution >= 4 is 43.1 Å². The molecule has 190 valence electrons. The first kappa shape index (κ1) is 24.3. The van der Waals surface area contributed by atoms with Gasteiger partial charge in [0, 0.05) is 21.5 Å². The van der Waals surface area contributed by atoms with Crippen LogP contribution in [0.3, 0.4) is 0 Å². The molecule has 0 heterocycles. The van der Waals surface area contributed by atoms with Crippen LogP contribution >= 0.6 is 0 Å². The zero-order valence-electron chi connectivity index (χ0n) is 22.2. The molecule has 2 nitrogen and oxygen atoms in total. The van der Waals surface area contributed by atoms with E-state index in [0.717, 1.165) is 92.7 Å². The summed E-state index contributed by atoms with van der Waals surface area (Å²) < 4.78 is 0. The van der Waals surface area contributed by atoms with Crippen LogP contribution in [0.2, 0.25) is 0 Å². The molecule has 2 heteroatoms. The normalized spacial score (nSPS) is 11.7. The van der Waals surface area contributed by atoms with E-state index in [4.69, 9.17) is 0 Å². The monoisotopic (exact) mass is 498 g/mol. The third-order valence-corrected chi connectivity index (χ3v) is 8.01. The highest BCUT2D eigenvalue weighted by atomic mass is 16.3. The van der Waals surface area contributed by atoms with Gasteiger partial charge in [-0.05, 0) is 69.5 Å². The molecule has 0 aliphatic rings. The Kier molecular flexibility index (Phi) is 6.41. The molecule has 0 aliphatic heterocycles. The second-order valence-electron chi connectivity index (χ2n) is 10.5. The highest BCUT2D eigenvalue weighted by Crippen LogP contribution is 2.49. The fourth-order valence-electron chi connectivity index (χ4n) is 6.02. The molecule has 0 atom stereocenters. The van der Waals surface area contributed by atoms with Crippen LogP contribution in [0.5, 0.6) is 11.5 Å². The van der Waals surface area contributed by atoms with Gasteiger partial charge in [-0.2, -0.15) is 0 Å². The average molecular weight is 499 g/mol. The molecule has 6 aromatic carbocycles. The Balaban J connectivity index is 1.82. The van der Waals surface area contributed by atoms with E-state index in [1.807, 2.05) is 24.3 Å². The number of aromatic hydroxyl groups is 2. The molecule has 6 rings (SSSR count). The number of hydrogen-bond acceptors (Lipinski definition) is 2. The first-order chi connectivity index (χ1) is 18.6.